The van der Waals surface area contributed by atoms with Crippen LogP contribution < -0.4 is 15.4 Å². The lowest BCUT2D eigenvalue weighted by molar-refractivity contribution is -0.121. The second kappa shape index (κ2) is 11.8. The molecule has 0 unspecified atom stereocenters. The summed E-state index contributed by atoms with van der Waals surface area (Å²) in [6.45, 7) is 6.40. The third-order valence-electron chi connectivity index (χ3n) is 6.18. The van der Waals surface area contributed by atoms with Gasteiger partial charge in [-0.05, 0) is 55.2 Å². The van der Waals surface area contributed by atoms with Crippen LogP contribution in [0, 0.1) is 32.1 Å². The number of ether oxygens (including phenoxy) is 1. The van der Waals surface area contributed by atoms with Crippen molar-refractivity contribution in [3.8, 4) is 11.8 Å². The van der Waals surface area contributed by atoms with Gasteiger partial charge in [0.1, 0.15) is 12.4 Å². The molecular formula is C30H29N3O3S. The standard InChI is InChI=1S/C30H29N3O3S/c1-19-13-20(2)29(21(3)14-19)32-28(35)18-37-30-26(16-31)25(15-27(34)33-30)23-9-11-24(12-10-23)36-17-22-7-5-4-6-8-22/h4-14,25H,15,17-18H2,1-3H3,(H,32,35)(H,33,34)/t25-/m1/s1. The molecule has 0 radical (unpaired) electrons. The van der Waals surface area contributed by atoms with Gasteiger partial charge in [0, 0.05) is 18.0 Å². The molecule has 188 valence electrons. The van der Waals surface area contributed by atoms with Crippen LogP contribution in [0.15, 0.2) is 77.3 Å². The van der Waals surface area contributed by atoms with Crippen molar-refractivity contribution >= 4 is 29.3 Å². The molecule has 0 aliphatic carbocycles. The highest BCUT2D eigenvalue weighted by Gasteiger charge is 2.30. The topological polar surface area (TPSA) is 91.2 Å². The van der Waals surface area contributed by atoms with Crippen LogP contribution in [0.4, 0.5) is 5.69 Å². The molecule has 0 saturated heterocycles. The maximum Gasteiger partial charge on any atom is 0.234 e. The van der Waals surface area contributed by atoms with Crippen LogP contribution in [0.5, 0.6) is 5.75 Å². The van der Waals surface area contributed by atoms with E-state index in [9.17, 15) is 14.9 Å². The second-order valence-electron chi connectivity index (χ2n) is 9.11. The minimum absolute atomic E-state index is 0.0759. The maximum atomic E-state index is 12.7. The Morgan fingerprint density at radius 2 is 1.76 bits per heavy atom. The van der Waals surface area contributed by atoms with Crippen molar-refractivity contribution in [3.63, 3.8) is 0 Å². The fourth-order valence-electron chi connectivity index (χ4n) is 4.45. The molecule has 3 aromatic rings. The van der Waals surface area contributed by atoms with Crippen molar-refractivity contribution in [2.24, 2.45) is 0 Å². The van der Waals surface area contributed by atoms with E-state index < -0.39 is 0 Å². The lowest BCUT2D eigenvalue weighted by atomic mass is 9.87. The Kier molecular flexibility index (Phi) is 8.32. The smallest absolute Gasteiger partial charge is 0.234 e. The summed E-state index contributed by atoms with van der Waals surface area (Å²) < 4.78 is 5.86. The van der Waals surface area contributed by atoms with E-state index in [0.717, 1.165) is 33.5 Å². The highest BCUT2D eigenvalue weighted by Crippen LogP contribution is 2.36. The molecule has 1 heterocycles. The first kappa shape index (κ1) is 26.1. The molecule has 37 heavy (non-hydrogen) atoms. The number of carbonyl (C=O) groups excluding carboxylic acids is 2. The summed E-state index contributed by atoms with van der Waals surface area (Å²) in [6, 6.07) is 23.7. The lowest BCUT2D eigenvalue weighted by Gasteiger charge is -2.25. The maximum absolute atomic E-state index is 12.7. The van der Waals surface area contributed by atoms with Gasteiger partial charge in [0.05, 0.1) is 22.4 Å². The highest BCUT2D eigenvalue weighted by atomic mass is 32.2. The van der Waals surface area contributed by atoms with E-state index in [1.807, 2.05) is 87.5 Å². The molecule has 7 heteroatoms. The monoisotopic (exact) mass is 511 g/mol. The number of nitrogens with zero attached hydrogens (tertiary/aromatic N) is 1. The molecule has 6 nitrogen and oxygen atoms in total. The Balaban J connectivity index is 1.44. The SMILES string of the molecule is Cc1cc(C)c(NC(=O)CSC2=C(C#N)[C@@H](c3ccc(OCc4ccccc4)cc3)CC(=O)N2)c(C)c1. The predicted octanol–water partition coefficient (Wildman–Crippen LogP) is 5.90. The molecule has 2 amide bonds. The number of anilines is 1. The van der Waals surface area contributed by atoms with Gasteiger partial charge in [0.15, 0.2) is 0 Å². The Hall–Kier alpha value is -4.02. The Morgan fingerprint density at radius 3 is 2.41 bits per heavy atom. The van der Waals surface area contributed by atoms with Crippen LogP contribution in [-0.2, 0) is 16.2 Å². The van der Waals surface area contributed by atoms with Gasteiger partial charge < -0.3 is 15.4 Å². The molecule has 0 spiro atoms. The Bertz CT molecular complexity index is 1350. The van der Waals surface area contributed by atoms with Crippen molar-refractivity contribution in [1.82, 2.24) is 5.32 Å². The number of rotatable bonds is 8. The molecular weight excluding hydrogens is 482 g/mol. The normalized spacial score (nSPS) is 15.1. The van der Waals surface area contributed by atoms with Crippen molar-refractivity contribution in [1.29, 1.82) is 5.26 Å². The van der Waals surface area contributed by atoms with E-state index in [2.05, 4.69) is 16.7 Å². The minimum Gasteiger partial charge on any atom is -0.489 e. The van der Waals surface area contributed by atoms with Gasteiger partial charge in [-0.2, -0.15) is 5.26 Å². The number of hydrogen-bond acceptors (Lipinski definition) is 5. The summed E-state index contributed by atoms with van der Waals surface area (Å²) in [5, 5.41) is 16.1. The molecule has 1 aliphatic heterocycles. The number of nitriles is 1. The number of amides is 2. The number of hydrogen-bond donors (Lipinski definition) is 2. The molecule has 0 fully saturated rings. The Morgan fingerprint density at radius 1 is 1.08 bits per heavy atom. The number of aryl methyl sites for hydroxylation is 3. The van der Waals surface area contributed by atoms with E-state index in [1.165, 1.54) is 11.8 Å². The largest absolute Gasteiger partial charge is 0.489 e. The van der Waals surface area contributed by atoms with Gasteiger partial charge in [-0.25, -0.2) is 0 Å². The summed E-state index contributed by atoms with van der Waals surface area (Å²) in [4.78, 5) is 25.2. The number of thioether (sulfide) groups is 1. The van der Waals surface area contributed by atoms with E-state index >= 15 is 0 Å². The third-order valence-corrected chi connectivity index (χ3v) is 7.19. The molecule has 0 bridgehead atoms. The zero-order chi connectivity index (χ0) is 26.4. The van der Waals surface area contributed by atoms with E-state index in [0.29, 0.717) is 23.0 Å². The summed E-state index contributed by atoms with van der Waals surface area (Å²) in [7, 11) is 0. The van der Waals surface area contributed by atoms with Gasteiger partial charge in [0.2, 0.25) is 11.8 Å². The van der Waals surface area contributed by atoms with Gasteiger partial charge in [0.25, 0.3) is 0 Å². The van der Waals surface area contributed by atoms with E-state index in [4.69, 9.17) is 4.74 Å². The van der Waals surface area contributed by atoms with Crippen molar-refractivity contribution < 1.29 is 14.3 Å². The van der Waals surface area contributed by atoms with Gasteiger partial charge >= 0.3 is 0 Å². The summed E-state index contributed by atoms with van der Waals surface area (Å²) >= 11 is 1.17. The average molecular weight is 512 g/mol. The van der Waals surface area contributed by atoms with Gasteiger partial charge in [-0.3, -0.25) is 9.59 Å². The van der Waals surface area contributed by atoms with Crippen LogP contribution >= 0.6 is 11.8 Å². The molecule has 2 N–H and O–H groups in total. The number of carbonyl (C=O) groups is 2. The van der Waals surface area contributed by atoms with Crippen molar-refractivity contribution in [2.75, 3.05) is 11.1 Å². The fraction of sp³-hybridized carbons (Fsp3) is 0.233. The minimum atomic E-state index is -0.380. The molecule has 0 saturated carbocycles. The molecule has 1 atom stereocenters. The van der Waals surface area contributed by atoms with Crippen molar-refractivity contribution in [3.05, 3.63) is 105 Å². The third kappa shape index (κ3) is 6.60. The summed E-state index contributed by atoms with van der Waals surface area (Å²) in [5.41, 5.74) is 6.31. The van der Waals surface area contributed by atoms with Gasteiger partial charge in [-0.15, -0.1) is 0 Å². The van der Waals surface area contributed by atoms with Crippen LogP contribution in [0.3, 0.4) is 0 Å². The van der Waals surface area contributed by atoms with E-state index in [-0.39, 0.29) is 29.9 Å². The second-order valence-corrected chi connectivity index (χ2v) is 10.1. The number of allylic oxidation sites excluding steroid dienone is 1. The van der Waals surface area contributed by atoms with Crippen LogP contribution in [0.1, 0.15) is 40.2 Å². The van der Waals surface area contributed by atoms with Crippen LogP contribution in [0.2, 0.25) is 0 Å². The first-order valence-corrected chi connectivity index (χ1v) is 13.0. The zero-order valence-electron chi connectivity index (χ0n) is 21.1. The summed E-state index contributed by atoms with van der Waals surface area (Å²) in [6.07, 6.45) is 0.172. The highest BCUT2D eigenvalue weighted by molar-refractivity contribution is 8.03. The average Bonchev–Trinajstić information content (AvgIpc) is 2.89. The number of benzene rings is 3. The molecule has 3 aromatic carbocycles. The lowest BCUT2D eigenvalue weighted by Crippen LogP contribution is -2.31. The zero-order valence-corrected chi connectivity index (χ0v) is 21.9. The molecule has 0 aromatic heterocycles. The fourth-order valence-corrected chi connectivity index (χ4v) is 5.32. The number of nitrogens with one attached hydrogen (secondary N) is 2. The first-order chi connectivity index (χ1) is 17.8. The van der Waals surface area contributed by atoms with Gasteiger partial charge in [-0.1, -0.05) is 71.9 Å². The quantitative estimate of drug-likeness (QED) is 0.393. The molecule has 4 rings (SSSR count). The van der Waals surface area contributed by atoms with E-state index in [1.54, 1.807) is 0 Å². The van der Waals surface area contributed by atoms with Crippen LogP contribution in [-0.4, -0.2) is 17.6 Å². The first-order valence-electron chi connectivity index (χ1n) is 12.1. The predicted molar refractivity (Wildman–Crippen MR) is 147 cm³/mol. The van der Waals surface area contributed by atoms with Crippen molar-refractivity contribution in [2.45, 2.75) is 39.7 Å². The Labute approximate surface area is 221 Å². The summed E-state index contributed by atoms with van der Waals surface area (Å²) in [5.74, 6) is 0.0343. The van der Waals surface area contributed by atoms with Crippen LogP contribution in [0.25, 0.3) is 0 Å². The molecule has 1 aliphatic rings.